The first-order valence-corrected chi connectivity index (χ1v) is 11.9. The van der Waals surface area contributed by atoms with E-state index in [4.69, 9.17) is 0 Å². The first-order valence-electron chi connectivity index (χ1n) is 11.0. The largest absolute Gasteiger partial charge is 0.435 e. The molecule has 9 heteroatoms. The molecule has 1 amide bonds. The molecule has 1 N–H and O–H groups in total. The van der Waals surface area contributed by atoms with Crippen molar-refractivity contribution in [1.82, 2.24) is 9.55 Å². The van der Waals surface area contributed by atoms with Gasteiger partial charge in [-0.25, -0.2) is 4.98 Å². The lowest BCUT2D eigenvalue weighted by molar-refractivity contribution is -0.115. The average Bonchev–Trinajstić information content (AvgIpc) is 2.85. The number of alkyl halides is 2. The van der Waals surface area contributed by atoms with Crippen LogP contribution >= 0.6 is 11.8 Å². The van der Waals surface area contributed by atoms with E-state index in [1.54, 1.807) is 31.2 Å². The fourth-order valence-corrected chi connectivity index (χ4v) is 4.40. The first-order chi connectivity index (χ1) is 16.9. The van der Waals surface area contributed by atoms with Crippen LogP contribution in [0.3, 0.4) is 0 Å². The molecule has 0 fully saturated rings. The maximum Gasteiger partial charge on any atom is 0.387 e. The number of halogens is 2. The highest BCUT2D eigenvalue weighted by atomic mass is 32.2. The second-order valence-corrected chi connectivity index (χ2v) is 9.03. The van der Waals surface area contributed by atoms with E-state index in [1.807, 2.05) is 24.3 Å². The Morgan fingerprint density at radius 2 is 1.74 bits per heavy atom. The van der Waals surface area contributed by atoms with Crippen LogP contribution in [-0.2, 0) is 11.2 Å². The fourth-order valence-electron chi connectivity index (χ4n) is 3.48. The SMILES string of the molecule is CCc1ccc(NC(=O)[C@H](C)Sc2nc3ccccc3c(=O)n2-c2ccc(OC(F)F)cc2)cc1. The van der Waals surface area contributed by atoms with Crippen LogP contribution in [0.25, 0.3) is 16.6 Å². The van der Waals surface area contributed by atoms with Gasteiger partial charge in [0.05, 0.1) is 21.8 Å². The molecule has 6 nitrogen and oxygen atoms in total. The van der Waals surface area contributed by atoms with Crippen molar-refractivity contribution >= 4 is 34.3 Å². The van der Waals surface area contributed by atoms with E-state index < -0.39 is 11.9 Å². The van der Waals surface area contributed by atoms with Gasteiger partial charge in [-0.2, -0.15) is 8.78 Å². The Labute approximate surface area is 205 Å². The number of para-hydroxylation sites is 1. The molecule has 0 radical (unpaired) electrons. The number of carbonyl (C=O) groups is 1. The number of thioether (sulfide) groups is 1. The highest BCUT2D eigenvalue weighted by Crippen LogP contribution is 2.27. The molecule has 180 valence electrons. The van der Waals surface area contributed by atoms with Crippen molar-refractivity contribution in [3.8, 4) is 11.4 Å². The predicted molar refractivity (Wildman–Crippen MR) is 134 cm³/mol. The lowest BCUT2D eigenvalue weighted by Gasteiger charge is -2.17. The Morgan fingerprint density at radius 3 is 2.40 bits per heavy atom. The number of anilines is 1. The van der Waals surface area contributed by atoms with Gasteiger partial charge in [0.2, 0.25) is 5.91 Å². The van der Waals surface area contributed by atoms with E-state index in [0.717, 1.165) is 18.2 Å². The monoisotopic (exact) mass is 495 g/mol. The molecule has 35 heavy (non-hydrogen) atoms. The summed E-state index contributed by atoms with van der Waals surface area (Å²) in [5.41, 5.74) is 2.43. The molecule has 0 spiro atoms. The van der Waals surface area contributed by atoms with Crippen LogP contribution in [0.1, 0.15) is 19.4 Å². The summed E-state index contributed by atoms with van der Waals surface area (Å²) in [5.74, 6) is -0.268. The highest BCUT2D eigenvalue weighted by Gasteiger charge is 2.21. The van der Waals surface area contributed by atoms with Crippen LogP contribution < -0.4 is 15.6 Å². The van der Waals surface area contributed by atoms with Gasteiger partial charge >= 0.3 is 6.61 Å². The van der Waals surface area contributed by atoms with Crippen LogP contribution in [0.5, 0.6) is 5.75 Å². The van der Waals surface area contributed by atoms with Gasteiger partial charge in [-0.1, -0.05) is 43.0 Å². The van der Waals surface area contributed by atoms with E-state index in [9.17, 15) is 18.4 Å². The lowest BCUT2D eigenvalue weighted by atomic mass is 10.1. The number of carbonyl (C=O) groups excluding carboxylic acids is 1. The Hall–Kier alpha value is -3.72. The second kappa shape index (κ2) is 10.7. The molecule has 4 rings (SSSR count). The number of hydrogen-bond donors (Lipinski definition) is 1. The zero-order valence-electron chi connectivity index (χ0n) is 19.1. The Morgan fingerprint density at radius 1 is 1.06 bits per heavy atom. The summed E-state index contributed by atoms with van der Waals surface area (Å²) < 4.78 is 30.8. The van der Waals surface area contributed by atoms with Gasteiger partial charge in [0.15, 0.2) is 5.16 Å². The highest BCUT2D eigenvalue weighted by molar-refractivity contribution is 8.00. The second-order valence-electron chi connectivity index (χ2n) is 7.72. The van der Waals surface area contributed by atoms with E-state index in [1.165, 1.54) is 34.4 Å². The standard InChI is InChI=1S/C26H23F2N3O3S/c1-3-17-8-10-18(11-9-17)29-23(32)16(2)35-26-30-22-7-5-4-6-21(22)24(33)31(26)19-12-14-20(15-13-19)34-25(27)28/h4-16,25H,3H2,1-2H3,(H,29,32)/t16-/m0/s1. The number of nitrogens with zero attached hydrogens (tertiary/aromatic N) is 2. The van der Waals surface area contributed by atoms with Gasteiger partial charge < -0.3 is 10.1 Å². The molecule has 1 aromatic heterocycles. The number of fused-ring (bicyclic) bond motifs is 1. The molecular formula is C26H23F2N3O3S. The number of benzene rings is 3. The Balaban J connectivity index is 1.66. The maximum absolute atomic E-state index is 13.4. The molecule has 0 saturated carbocycles. The van der Waals surface area contributed by atoms with Crippen molar-refractivity contribution in [2.24, 2.45) is 0 Å². The van der Waals surface area contributed by atoms with E-state index in [2.05, 4.69) is 22.0 Å². The minimum Gasteiger partial charge on any atom is -0.435 e. The summed E-state index contributed by atoms with van der Waals surface area (Å²) in [4.78, 5) is 30.9. The minimum atomic E-state index is -2.95. The Bertz CT molecular complexity index is 1390. The number of nitrogens with one attached hydrogen (secondary N) is 1. The molecule has 0 saturated heterocycles. The van der Waals surface area contributed by atoms with Crippen LogP contribution in [-0.4, -0.2) is 27.3 Å². The van der Waals surface area contributed by atoms with Gasteiger partial charge in [0, 0.05) is 5.69 Å². The predicted octanol–water partition coefficient (Wildman–Crippen LogP) is 5.67. The van der Waals surface area contributed by atoms with Gasteiger partial charge in [0.25, 0.3) is 5.56 Å². The third-order valence-electron chi connectivity index (χ3n) is 5.35. The first kappa shape index (κ1) is 24.4. The van der Waals surface area contributed by atoms with Gasteiger partial charge in [0.1, 0.15) is 5.75 Å². The number of hydrogen-bond acceptors (Lipinski definition) is 5. The molecule has 0 aliphatic rings. The fraction of sp³-hybridized carbons (Fsp3) is 0.192. The van der Waals surface area contributed by atoms with Gasteiger partial charge in [-0.05, 0) is 67.4 Å². The van der Waals surface area contributed by atoms with E-state index in [-0.39, 0.29) is 17.2 Å². The van der Waals surface area contributed by atoms with Crippen LogP contribution in [0.2, 0.25) is 0 Å². The van der Waals surface area contributed by atoms with Crippen molar-refractivity contribution in [2.45, 2.75) is 37.3 Å². The van der Waals surface area contributed by atoms with Crippen molar-refractivity contribution < 1.29 is 18.3 Å². The maximum atomic E-state index is 13.4. The molecule has 3 aromatic carbocycles. The third-order valence-corrected chi connectivity index (χ3v) is 6.40. The summed E-state index contributed by atoms with van der Waals surface area (Å²) in [6, 6.07) is 20.2. The van der Waals surface area contributed by atoms with E-state index >= 15 is 0 Å². The molecule has 0 aliphatic carbocycles. The van der Waals surface area contributed by atoms with Crippen LogP contribution in [0.4, 0.5) is 14.5 Å². The van der Waals surface area contributed by atoms with Gasteiger partial charge in [-0.15, -0.1) is 0 Å². The summed E-state index contributed by atoms with van der Waals surface area (Å²) in [6.07, 6.45) is 0.904. The van der Waals surface area contributed by atoms with Crippen molar-refractivity contribution in [1.29, 1.82) is 0 Å². The molecule has 0 unspecified atom stereocenters. The third kappa shape index (κ3) is 5.68. The zero-order chi connectivity index (χ0) is 24.9. The van der Waals surface area contributed by atoms with Crippen molar-refractivity contribution in [2.75, 3.05) is 5.32 Å². The molecular weight excluding hydrogens is 472 g/mol. The molecule has 1 heterocycles. The summed E-state index contributed by atoms with van der Waals surface area (Å²) >= 11 is 1.13. The van der Waals surface area contributed by atoms with Crippen LogP contribution in [0.15, 0.2) is 82.7 Å². The Kier molecular flexibility index (Phi) is 7.45. The smallest absolute Gasteiger partial charge is 0.387 e. The van der Waals surface area contributed by atoms with E-state index in [0.29, 0.717) is 27.4 Å². The number of aryl methyl sites for hydroxylation is 1. The summed E-state index contributed by atoms with van der Waals surface area (Å²) in [5, 5.41) is 3.01. The minimum absolute atomic E-state index is 0.0263. The lowest BCUT2D eigenvalue weighted by Crippen LogP contribution is -2.26. The number of amides is 1. The number of rotatable bonds is 8. The average molecular weight is 496 g/mol. The number of aromatic nitrogens is 2. The molecule has 0 bridgehead atoms. The zero-order valence-corrected chi connectivity index (χ0v) is 19.9. The summed E-state index contributed by atoms with van der Waals surface area (Å²) in [6.45, 7) is 0.836. The number of ether oxygens (including phenoxy) is 1. The van der Waals surface area contributed by atoms with Crippen molar-refractivity contribution in [3.05, 3.63) is 88.7 Å². The summed E-state index contributed by atoms with van der Waals surface area (Å²) in [7, 11) is 0. The van der Waals surface area contributed by atoms with Gasteiger partial charge in [-0.3, -0.25) is 14.2 Å². The molecule has 1 atom stereocenters. The van der Waals surface area contributed by atoms with Crippen LogP contribution in [0, 0.1) is 0 Å². The molecule has 4 aromatic rings. The molecule has 0 aliphatic heterocycles. The van der Waals surface area contributed by atoms with Crippen molar-refractivity contribution in [3.63, 3.8) is 0 Å². The normalized spacial score (nSPS) is 12.0. The topological polar surface area (TPSA) is 73.2 Å². The quantitative estimate of drug-likeness (QED) is 0.252.